The first-order valence-electron chi connectivity index (χ1n) is 9.78. The van der Waals surface area contributed by atoms with Crippen LogP contribution in [0.2, 0.25) is 0 Å². The lowest BCUT2D eigenvalue weighted by molar-refractivity contribution is 0.415. The number of ether oxygens (including phenoxy) is 1. The van der Waals surface area contributed by atoms with Gasteiger partial charge in [0.15, 0.2) is 0 Å². The maximum Gasteiger partial charge on any atom is 0.255 e. The molecular formula is C22H25N5O2. The summed E-state index contributed by atoms with van der Waals surface area (Å²) >= 11 is 0. The Morgan fingerprint density at radius 2 is 1.76 bits per heavy atom. The van der Waals surface area contributed by atoms with E-state index in [1.165, 1.54) is 0 Å². The lowest BCUT2D eigenvalue weighted by atomic mass is 10.0. The van der Waals surface area contributed by atoms with Gasteiger partial charge in [0.1, 0.15) is 5.75 Å². The van der Waals surface area contributed by atoms with E-state index in [-0.39, 0.29) is 5.56 Å². The van der Waals surface area contributed by atoms with Gasteiger partial charge in [-0.2, -0.15) is 0 Å². The van der Waals surface area contributed by atoms with E-state index < -0.39 is 0 Å². The van der Waals surface area contributed by atoms with Crippen LogP contribution in [-0.2, 0) is 7.05 Å². The van der Waals surface area contributed by atoms with Crippen LogP contribution in [0.4, 0.5) is 11.6 Å². The number of pyridine rings is 1. The Morgan fingerprint density at radius 1 is 1.07 bits per heavy atom. The summed E-state index contributed by atoms with van der Waals surface area (Å²) in [7, 11) is 3.45. The first kappa shape index (κ1) is 19.0. The predicted molar refractivity (Wildman–Crippen MR) is 115 cm³/mol. The summed E-state index contributed by atoms with van der Waals surface area (Å²) in [5.41, 5.74) is 2.62. The van der Waals surface area contributed by atoms with Gasteiger partial charge in [-0.3, -0.25) is 14.3 Å². The Labute approximate surface area is 170 Å². The number of rotatable bonds is 5. The fourth-order valence-corrected chi connectivity index (χ4v) is 3.63. The molecule has 1 aliphatic rings. The highest BCUT2D eigenvalue weighted by Gasteiger charge is 2.22. The molecule has 4 rings (SSSR count). The molecule has 0 amide bonds. The minimum Gasteiger partial charge on any atom is -0.497 e. The van der Waals surface area contributed by atoms with Gasteiger partial charge in [-0.15, -0.1) is 0 Å². The average molecular weight is 391 g/mol. The third-order valence-corrected chi connectivity index (χ3v) is 5.33. The molecule has 0 radical (unpaired) electrons. The summed E-state index contributed by atoms with van der Waals surface area (Å²) in [6.07, 6.45) is 5.37. The molecule has 1 aliphatic heterocycles. The molecule has 7 heteroatoms. The topological polar surface area (TPSA) is 72.3 Å². The number of aromatic nitrogens is 3. The van der Waals surface area contributed by atoms with Crippen molar-refractivity contribution in [2.45, 2.75) is 18.9 Å². The molecule has 0 aliphatic carbocycles. The second-order valence-corrected chi connectivity index (χ2v) is 7.21. The van der Waals surface area contributed by atoms with Crippen molar-refractivity contribution in [1.82, 2.24) is 14.5 Å². The summed E-state index contributed by atoms with van der Waals surface area (Å²) in [5.74, 6) is 1.57. The number of benzene rings is 1. The molecule has 1 aromatic carbocycles. The van der Waals surface area contributed by atoms with Gasteiger partial charge in [0.2, 0.25) is 5.95 Å². The Morgan fingerprint density at radius 3 is 2.41 bits per heavy atom. The molecule has 29 heavy (non-hydrogen) atoms. The molecule has 0 saturated carbocycles. The highest BCUT2D eigenvalue weighted by Crippen LogP contribution is 2.23. The van der Waals surface area contributed by atoms with Gasteiger partial charge in [0.25, 0.3) is 5.56 Å². The van der Waals surface area contributed by atoms with Crippen LogP contribution >= 0.6 is 0 Å². The van der Waals surface area contributed by atoms with Crippen LogP contribution in [0.1, 0.15) is 12.8 Å². The normalized spacial score (nSPS) is 14.6. The van der Waals surface area contributed by atoms with Gasteiger partial charge in [0, 0.05) is 55.9 Å². The SMILES string of the molecule is COc1ccc(NC2CCN(c3nc(-c4ccncc4)cc(=O)n3C)CC2)cc1. The zero-order valence-corrected chi connectivity index (χ0v) is 16.7. The fourth-order valence-electron chi connectivity index (χ4n) is 3.63. The highest BCUT2D eigenvalue weighted by atomic mass is 16.5. The van der Waals surface area contributed by atoms with E-state index in [0.717, 1.165) is 42.9 Å². The minimum atomic E-state index is -0.0553. The van der Waals surface area contributed by atoms with E-state index in [0.29, 0.717) is 17.7 Å². The quantitative estimate of drug-likeness (QED) is 0.721. The van der Waals surface area contributed by atoms with Crippen molar-refractivity contribution < 1.29 is 4.74 Å². The second kappa shape index (κ2) is 8.34. The van der Waals surface area contributed by atoms with Crippen LogP contribution in [0.5, 0.6) is 5.75 Å². The van der Waals surface area contributed by atoms with Crippen molar-refractivity contribution in [3.8, 4) is 17.0 Å². The molecule has 150 valence electrons. The van der Waals surface area contributed by atoms with Crippen molar-refractivity contribution >= 4 is 11.6 Å². The molecule has 1 saturated heterocycles. The first-order valence-corrected chi connectivity index (χ1v) is 9.78. The maximum atomic E-state index is 12.5. The molecule has 3 heterocycles. The van der Waals surface area contributed by atoms with E-state index in [1.807, 2.05) is 36.4 Å². The molecule has 1 N–H and O–H groups in total. The van der Waals surface area contributed by atoms with E-state index in [4.69, 9.17) is 9.72 Å². The Kier molecular flexibility index (Phi) is 5.46. The molecule has 0 spiro atoms. The number of methoxy groups -OCH3 is 1. The van der Waals surface area contributed by atoms with Gasteiger partial charge in [-0.05, 0) is 49.2 Å². The Hall–Kier alpha value is -3.35. The number of hydrogen-bond donors (Lipinski definition) is 1. The third-order valence-electron chi connectivity index (χ3n) is 5.33. The van der Waals surface area contributed by atoms with Crippen LogP contribution in [0.25, 0.3) is 11.3 Å². The number of hydrogen-bond acceptors (Lipinski definition) is 6. The van der Waals surface area contributed by atoms with Crippen molar-refractivity contribution in [3.05, 3.63) is 65.2 Å². The first-order chi connectivity index (χ1) is 14.1. The zero-order chi connectivity index (χ0) is 20.2. The Balaban J connectivity index is 1.46. The van der Waals surface area contributed by atoms with E-state index in [9.17, 15) is 4.79 Å². The minimum absolute atomic E-state index is 0.0553. The van der Waals surface area contributed by atoms with Crippen LogP contribution < -0.4 is 20.5 Å². The van der Waals surface area contributed by atoms with Crippen molar-refractivity contribution in [2.24, 2.45) is 7.05 Å². The third kappa shape index (κ3) is 4.23. The summed E-state index contributed by atoms with van der Waals surface area (Å²) in [4.78, 5) is 23.5. The van der Waals surface area contributed by atoms with Gasteiger partial charge >= 0.3 is 0 Å². The van der Waals surface area contributed by atoms with Crippen LogP contribution in [0, 0.1) is 0 Å². The molecule has 2 aromatic heterocycles. The fraction of sp³-hybridized carbons (Fsp3) is 0.318. The summed E-state index contributed by atoms with van der Waals surface area (Å²) in [6, 6.07) is 13.7. The number of piperidine rings is 1. The second-order valence-electron chi connectivity index (χ2n) is 7.21. The zero-order valence-electron chi connectivity index (χ0n) is 16.7. The summed E-state index contributed by atoms with van der Waals surface area (Å²) in [6.45, 7) is 1.68. The van der Waals surface area contributed by atoms with Crippen molar-refractivity contribution in [3.63, 3.8) is 0 Å². The number of nitrogens with one attached hydrogen (secondary N) is 1. The summed E-state index contributed by atoms with van der Waals surface area (Å²) in [5, 5.41) is 3.59. The van der Waals surface area contributed by atoms with Gasteiger partial charge < -0.3 is 15.0 Å². The molecule has 3 aromatic rings. The number of nitrogens with zero attached hydrogens (tertiary/aromatic N) is 4. The lowest BCUT2D eigenvalue weighted by Crippen LogP contribution is -2.42. The monoisotopic (exact) mass is 391 g/mol. The molecule has 0 bridgehead atoms. The average Bonchev–Trinajstić information content (AvgIpc) is 2.77. The van der Waals surface area contributed by atoms with Gasteiger partial charge in [-0.25, -0.2) is 4.98 Å². The molecular weight excluding hydrogens is 366 g/mol. The summed E-state index contributed by atoms with van der Waals surface area (Å²) < 4.78 is 6.84. The standard InChI is InChI=1S/C22H25N5O2/c1-26-21(28)15-20(16-7-11-23-12-8-16)25-22(26)27-13-9-18(10-14-27)24-17-3-5-19(29-2)6-4-17/h3-8,11-12,15,18,24H,9-10,13-14H2,1-2H3. The van der Waals surface area contributed by atoms with Crippen LogP contribution in [0.3, 0.4) is 0 Å². The molecule has 0 unspecified atom stereocenters. The number of anilines is 2. The van der Waals surface area contributed by atoms with E-state index >= 15 is 0 Å². The highest BCUT2D eigenvalue weighted by molar-refractivity contribution is 5.59. The Bertz CT molecular complexity index is 1010. The predicted octanol–water partition coefficient (Wildman–Crippen LogP) is 2.93. The van der Waals surface area contributed by atoms with Crippen LogP contribution in [-0.4, -0.2) is 40.8 Å². The molecule has 0 atom stereocenters. The largest absolute Gasteiger partial charge is 0.497 e. The van der Waals surface area contributed by atoms with Crippen molar-refractivity contribution in [2.75, 3.05) is 30.4 Å². The van der Waals surface area contributed by atoms with Crippen molar-refractivity contribution in [1.29, 1.82) is 0 Å². The smallest absolute Gasteiger partial charge is 0.255 e. The maximum absolute atomic E-state index is 12.5. The molecule has 1 fully saturated rings. The van der Waals surface area contributed by atoms with Gasteiger partial charge in [-0.1, -0.05) is 0 Å². The van der Waals surface area contributed by atoms with Gasteiger partial charge in [0.05, 0.1) is 12.8 Å². The van der Waals surface area contributed by atoms with E-state index in [2.05, 4.69) is 15.2 Å². The lowest BCUT2D eigenvalue weighted by Gasteiger charge is -2.34. The van der Waals surface area contributed by atoms with E-state index in [1.54, 1.807) is 37.2 Å². The molecule has 7 nitrogen and oxygen atoms in total. The van der Waals surface area contributed by atoms with Crippen LogP contribution in [0.15, 0.2) is 59.7 Å².